The highest BCUT2D eigenvalue weighted by Gasteiger charge is 2.27. The van der Waals surface area contributed by atoms with Crippen molar-refractivity contribution < 1.29 is 8.42 Å². The van der Waals surface area contributed by atoms with Crippen LogP contribution in [0, 0.1) is 6.92 Å². The van der Waals surface area contributed by atoms with Crippen molar-refractivity contribution in [3.05, 3.63) is 11.9 Å². The third-order valence-corrected chi connectivity index (χ3v) is 4.20. The molecule has 3 N–H and O–H groups in total. The van der Waals surface area contributed by atoms with Gasteiger partial charge in [-0.2, -0.15) is 5.10 Å². The number of rotatable bonds is 4. The lowest BCUT2D eigenvalue weighted by Crippen LogP contribution is -2.48. The largest absolute Gasteiger partial charge is 0.329 e. The lowest BCUT2D eigenvalue weighted by Gasteiger charge is -2.23. The number of sulfonamides is 1. The van der Waals surface area contributed by atoms with Crippen LogP contribution in [0.25, 0.3) is 0 Å². The number of aromatic nitrogens is 2. The molecule has 6 nitrogen and oxygen atoms in total. The molecule has 0 unspecified atom stereocenters. The molecule has 7 heteroatoms. The lowest BCUT2D eigenvalue weighted by molar-refractivity contribution is 0.462. The van der Waals surface area contributed by atoms with Crippen molar-refractivity contribution in [2.75, 3.05) is 6.54 Å². The van der Waals surface area contributed by atoms with Crippen molar-refractivity contribution in [3.8, 4) is 0 Å². The molecule has 0 aliphatic rings. The Morgan fingerprint density at radius 2 is 2.12 bits per heavy atom. The summed E-state index contributed by atoms with van der Waals surface area (Å²) in [6.07, 6.45) is 1.34. The fourth-order valence-electron chi connectivity index (χ4n) is 1.20. The molecule has 0 saturated heterocycles. The van der Waals surface area contributed by atoms with E-state index in [9.17, 15) is 8.42 Å². The maximum atomic E-state index is 12.0. The van der Waals surface area contributed by atoms with Gasteiger partial charge in [-0.1, -0.05) is 0 Å². The first kappa shape index (κ1) is 13.1. The van der Waals surface area contributed by atoms with E-state index < -0.39 is 15.6 Å². The summed E-state index contributed by atoms with van der Waals surface area (Å²) in [6.45, 7) is 5.40. The Labute approximate surface area is 95.9 Å². The van der Waals surface area contributed by atoms with E-state index in [-0.39, 0.29) is 11.4 Å². The SMILES string of the molecule is Cc1c(S(=O)(=O)NC(C)(C)CN)cnn1C. The van der Waals surface area contributed by atoms with Gasteiger partial charge in [0.25, 0.3) is 0 Å². The molecular formula is C9H18N4O2S. The summed E-state index contributed by atoms with van der Waals surface area (Å²) in [7, 11) is -1.86. The molecule has 0 radical (unpaired) electrons. The Balaban J connectivity index is 3.09. The van der Waals surface area contributed by atoms with E-state index in [1.54, 1.807) is 27.8 Å². The molecule has 1 aromatic heterocycles. The fraction of sp³-hybridized carbons (Fsp3) is 0.667. The molecule has 0 fully saturated rings. The zero-order valence-corrected chi connectivity index (χ0v) is 10.8. The Morgan fingerprint density at radius 1 is 1.56 bits per heavy atom. The number of nitrogens with one attached hydrogen (secondary N) is 1. The van der Waals surface area contributed by atoms with Crippen LogP contribution in [0.2, 0.25) is 0 Å². The van der Waals surface area contributed by atoms with Gasteiger partial charge in [-0.05, 0) is 20.8 Å². The number of hydrogen-bond acceptors (Lipinski definition) is 4. The summed E-state index contributed by atoms with van der Waals surface area (Å²) < 4.78 is 28.1. The zero-order valence-electron chi connectivity index (χ0n) is 9.98. The van der Waals surface area contributed by atoms with E-state index in [0.717, 1.165) is 0 Å². The molecule has 92 valence electrons. The van der Waals surface area contributed by atoms with Crippen molar-refractivity contribution in [1.82, 2.24) is 14.5 Å². The van der Waals surface area contributed by atoms with Crippen LogP contribution in [0.5, 0.6) is 0 Å². The van der Waals surface area contributed by atoms with Gasteiger partial charge in [0.05, 0.1) is 11.9 Å². The molecule has 0 saturated carbocycles. The van der Waals surface area contributed by atoms with Crippen molar-refractivity contribution in [2.45, 2.75) is 31.2 Å². The predicted molar refractivity (Wildman–Crippen MR) is 61.4 cm³/mol. The summed E-state index contributed by atoms with van der Waals surface area (Å²) in [4.78, 5) is 0.191. The van der Waals surface area contributed by atoms with Crippen molar-refractivity contribution in [2.24, 2.45) is 12.8 Å². The van der Waals surface area contributed by atoms with E-state index in [1.165, 1.54) is 10.9 Å². The van der Waals surface area contributed by atoms with Crippen molar-refractivity contribution in [3.63, 3.8) is 0 Å². The highest BCUT2D eigenvalue weighted by atomic mass is 32.2. The number of aryl methyl sites for hydroxylation is 1. The maximum Gasteiger partial charge on any atom is 0.244 e. The molecule has 0 aliphatic carbocycles. The van der Waals surface area contributed by atoms with Crippen molar-refractivity contribution >= 4 is 10.0 Å². The molecule has 1 heterocycles. The Morgan fingerprint density at radius 3 is 2.50 bits per heavy atom. The third-order valence-electron chi connectivity index (χ3n) is 2.40. The molecule has 1 rings (SSSR count). The molecule has 0 spiro atoms. The van der Waals surface area contributed by atoms with Gasteiger partial charge in [0.2, 0.25) is 10.0 Å². The monoisotopic (exact) mass is 246 g/mol. The molecular weight excluding hydrogens is 228 g/mol. The third kappa shape index (κ3) is 2.60. The highest BCUT2D eigenvalue weighted by molar-refractivity contribution is 7.89. The topological polar surface area (TPSA) is 90.0 Å². The minimum Gasteiger partial charge on any atom is -0.329 e. The summed E-state index contributed by atoms with van der Waals surface area (Å²) >= 11 is 0. The maximum absolute atomic E-state index is 12.0. The van der Waals surface area contributed by atoms with Gasteiger partial charge in [0.1, 0.15) is 4.90 Å². The predicted octanol–water partition coefficient (Wildman–Crippen LogP) is -0.256. The Kier molecular flexibility index (Phi) is 3.41. The van der Waals surface area contributed by atoms with E-state index in [2.05, 4.69) is 9.82 Å². The summed E-state index contributed by atoms with van der Waals surface area (Å²) in [5.41, 5.74) is 5.42. The van der Waals surface area contributed by atoms with E-state index in [4.69, 9.17) is 5.73 Å². The minimum atomic E-state index is -3.55. The number of nitrogens with two attached hydrogens (primary N) is 1. The van der Waals surface area contributed by atoms with E-state index in [0.29, 0.717) is 5.69 Å². The molecule has 0 aliphatic heterocycles. The van der Waals surface area contributed by atoms with Crippen LogP contribution in [0.4, 0.5) is 0 Å². The average Bonchev–Trinajstić information content (AvgIpc) is 2.46. The van der Waals surface area contributed by atoms with Gasteiger partial charge in [0.15, 0.2) is 0 Å². The quantitative estimate of drug-likeness (QED) is 0.766. The molecule has 0 atom stereocenters. The van der Waals surface area contributed by atoms with Crippen LogP contribution in [0.1, 0.15) is 19.5 Å². The second-order valence-corrected chi connectivity index (χ2v) is 6.06. The molecule has 0 aromatic carbocycles. The standard InChI is InChI=1S/C9H18N4O2S/c1-7-8(5-11-13(7)4)16(14,15)12-9(2,3)6-10/h5,12H,6,10H2,1-4H3. The molecule has 16 heavy (non-hydrogen) atoms. The lowest BCUT2D eigenvalue weighted by atomic mass is 10.1. The summed E-state index contributed by atoms with van der Waals surface area (Å²) in [5.74, 6) is 0. The zero-order chi connectivity index (χ0) is 12.6. The second kappa shape index (κ2) is 4.15. The van der Waals surface area contributed by atoms with Crippen LogP contribution in [0.15, 0.2) is 11.1 Å². The molecule has 0 amide bonds. The molecule has 0 bridgehead atoms. The van der Waals surface area contributed by atoms with Gasteiger partial charge >= 0.3 is 0 Å². The Hall–Kier alpha value is -0.920. The fourth-order valence-corrected chi connectivity index (χ4v) is 2.83. The van der Waals surface area contributed by atoms with E-state index in [1.807, 2.05) is 0 Å². The van der Waals surface area contributed by atoms with Gasteiger partial charge in [-0.3, -0.25) is 4.68 Å². The number of hydrogen-bond donors (Lipinski definition) is 2. The first-order valence-electron chi connectivity index (χ1n) is 4.92. The second-order valence-electron chi connectivity index (χ2n) is 4.41. The summed E-state index contributed by atoms with van der Waals surface area (Å²) in [6, 6.07) is 0. The highest BCUT2D eigenvalue weighted by Crippen LogP contribution is 2.15. The van der Waals surface area contributed by atoms with Gasteiger partial charge in [0, 0.05) is 19.1 Å². The van der Waals surface area contributed by atoms with Crippen LogP contribution in [-0.2, 0) is 17.1 Å². The van der Waals surface area contributed by atoms with Crippen LogP contribution in [0.3, 0.4) is 0 Å². The summed E-state index contributed by atoms with van der Waals surface area (Å²) in [5, 5.41) is 3.90. The van der Waals surface area contributed by atoms with Crippen molar-refractivity contribution in [1.29, 1.82) is 0 Å². The first-order chi connectivity index (χ1) is 7.19. The van der Waals surface area contributed by atoms with Crippen LogP contribution >= 0.6 is 0 Å². The van der Waals surface area contributed by atoms with E-state index >= 15 is 0 Å². The van der Waals surface area contributed by atoms with Crippen LogP contribution in [-0.4, -0.2) is 30.3 Å². The van der Waals surface area contributed by atoms with Gasteiger partial charge < -0.3 is 5.73 Å². The minimum absolute atomic E-state index is 0.191. The van der Waals surface area contributed by atoms with Crippen LogP contribution < -0.4 is 10.5 Å². The average molecular weight is 246 g/mol. The smallest absolute Gasteiger partial charge is 0.244 e. The Bertz CT molecular complexity index is 476. The van der Waals surface area contributed by atoms with Gasteiger partial charge in [-0.15, -0.1) is 0 Å². The van der Waals surface area contributed by atoms with Gasteiger partial charge in [-0.25, -0.2) is 13.1 Å². The first-order valence-corrected chi connectivity index (χ1v) is 6.40. The molecule has 1 aromatic rings. The normalized spacial score (nSPS) is 13.1. The number of nitrogens with zero attached hydrogens (tertiary/aromatic N) is 2.